The first kappa shape index (κ1) is 16.3. The van der Waals surface area contributed by atoms with Crippen LogP contribution in [0.15, 0.2) is 23.3 Å². The SMILES string of the molecule is O=C(NC[C@H]1CCCO1)C(=O)N/N=C/c1ccc(O)c(Cl)c1. The Bertz CT molecular complexity index is 585. The first-order valence-corrected chi connectivity index (χ1v) is 7.15. The average Bonchev–Trinajstić information content (AvgIpc) is 3.01. The summed E-state index contributed by atoms with van der Waals surface area (Å²) in [6.07, 6.45) is 3.13. The van der Waals surface area contributed by atoms with Crippen molar-refractivity contribution in [2.45, 2.75) is 18.9 Å². The van der Waals surface area contributed by atoms with Crippen LogP contribution in [-0.4, -0.2) is 42.4 Å². The van der Waals surface area contributed by atoms with Crippen LogP contribution in [-0.2, 0) is 14.3 Å². The van der Waals surface area contributed by atoms with Crippen molar-refractivity contribution in [1.82, 2.24) is 10.7 Å². The second-order valence-electron chi connectivity index (χ2n) is 4.76. The molecule has 0 saturated carbocycles. The Morgan fingerprint density at radius 2 is 2.27 bits per heavy atom. The second-order valence-corrected chi connectivity index (χ2v) is 5.16. The fraction of sp³-hybridized carbons (Fsp3) is 0.357. The van der Waals surface area contributed by atoms with Crippen molar-refractivity contribution >= 4 is 29.6 Å². The van der Waals surface area contributed by atoms with Crippen molar-refractivity contribution in [2.75, 3.05) is 13.2 Å². The lowest BCUT2D eigenvalue weighted by atomic mass is 10.2. The molecule has 2 amide bonds. The highest BCUT2D eigenvalue weighted by molar-refractivity contribution is 6.35. The van der Waals surface area contributed by atoms with Gasteiger partial charge in [-0.15, -0.1) is 0 Å². The van der Waals surface area contributed by atoms with Crippen LogP contribution < -0.4 is 10.7 Å². The Kier molecular flexibility index (Phi) is 5.74. The zero-order chi connectivity index (χ0) is 15.9. The number of carbonyl (C=O) groups is 2. The number of benzene rings is 1. The molecule has 0 radical (unpaired) electrons. The molecule has 1 aliphatic rings. The van der Waals surface area contributed by atoms with Gasteiger partial charge < -0.3 is 15.2 Å². The van der Waals surface area contributed by atoms with Gasteiger partial charge in [0, 0.05) is 13.2 Å². The number of carbonyl (C=O) groups excluding carboxylic acids is 2. The average molecular weight is 326 g/mol. The van der Waals surface area contributed by atoms with Crippen LogP contribution in [0.3, 0.4) is 0 Å². The van der Waals surface area contributed by atoms with Crippen LogP contribution in [0.5, 0.6) is 5.75 Å². The maximum absolute atomic E-state index is 11.5. The van der Waals surface area contributed by atoms with Crippen LogP contribution in [0.4, 0.5) is 0 Å². The Morgan fingerprint density at radius 3 is 2.95 bits per heavy atom. The van der Waals surface area contributed by atoms with E-state index in [1.807, 2.05) is 0 Å². The summed E-state index contributed by atoms with van der Waals surface area (Å²) in [6.45, 7) is 0.996. The number of rotatable bonds is 4. The predicted molar refractivity (Wildman–Crippen MR) is 80.8 cm³/mol. The molecule has 1 aliphatic heterocycles. The minimum atomic E-state index is -0.862. The van der Waals surface area contributed by atoms with E-state index in [4.69, 9.17) is 16.3 Å². The zero-order valence-corrected chi connectivity index (χ0v) is 12.5. The molecule has 0 bridgehead atoms. The van der Waals surface area contributed by atoms with E-state index in [-0.39, 0.29) is 16.9 Å². The molecular formula is C14H16ClN3O4. The van der Waals surface area contributed by atoms with E-state index < -0.39 is 11.8 Å². The number of ether oxygens (including phenoxy) is 1. The lowest BCUT2D eigenvalue weighted by Crippen LogP contribution is -2.41. The van der Waals surface area contributed by atoms with Crippen molar-refractivity contribution in [3.63, 3.8) is 0 Å². The molecule has 1 fully saturated rings. The highest BCUT2D eigenvalue weighted by Gasteiger charge is 2.18. The van der Waals surface area contributed by atoms with Crippen molar-refractivity contribution in [2.24, 2.45) is 5.10 Å². The molecule has 2 rings (SSSR count). The van der Waals surface area contributed by atoms with Crippen molar-refractivity contribution in [1.29, 1.82) is 0 Å². The number of phenolic OH excluding ortho intramolecular Hbond substituents is 1. The third-order valence-electron chi connectivity index (χ3n) is 3.07. The molecule has 1 atom stereocenters. The molecule has 118 valence electrons. The van der Waals surface area contributed by atoms with Crippen molar-refractivity contribution in [3.8, 4) is 5.75 Å². The largest absolute Gasteiger partial charge is 0.506 e. The Morgan fingerprint density at radius 1 is 1.45 bits per heavy atom. The van der Waals surface area contributed by atoms with Crippen LogP contribution >= 0.6 is 11.6 Å². The molecule has 0 spiro atoms. The first-order valence-electron chi connectivity index (χ1n) is 6.77. The van der Waals surface area contributed by atoms with E-state index in [0.717, 1.165) is 12.8 Å². The Hall–Kier alpha value is -2.12. The maximum atomic E-state index is 11.5. The van der Waals surface area contributed by atoms with Gasteiger partial charge in [0.05, 0.1) is 17.3 Å². The van der Waals surface area contributed by atoms with Crippen molar-refractivity contribution < 1.29 is 19.4 Å². The van der Waals surface area contributed by atoms with Crippen molar-refractivity contribution in [3.05, 3.63) is 28.8 Å². The third kappa shape index (κ3) is 4.71. The molecule has 7 nitrogen and oxygen atoms in total. The van der Waals surface area contributed by atoms with Crippen LogP contribution in [0.25, 0.3) is 0 Å². The topological polar surface area (TPSA) is 100 Å². The summed E-state index contributed by atoms with van der Waals surface area (Å²) in [4.78, 5) is 23.0. The number of nitrogens with zero attached hydrogens (tertiary/aromatic N) is 1. The molecule has 22 heavy (non-hydrogen) atoms. The maximum Gasteiger partial charge on any atom is 0.329 e. The quantitative estimate of drug-likeness (QED) is 0.433. The highest BCUT2D eigenvalue weighted by Crippen LogP contribution is 2.22. The molecule has 1 aromatic carbocycles. The number of hydrazone groups is 1. The lowest BCUT2D eigenvalue weighted by Gasteiger charge is -2.09. The summed E-state index contributed by atoms with van der Waals surface area (Å²) >= 11 is 5.73. The summed E-state index contributed by atoms with van der Waals surface area (Å²) < 4.78 is 5.33. The van der Waals surface area contributed by atoms with Gasteiger partial charge in [0.2, 0.25) is 0 Å². The monoisotopic (exact) mass is 325 g/mol. The van der Waals surface area contributed by atoms with E-state index in [2.05, 4.69) is 15.8 Å². The molecule has 8 heteroatoms. The van der Waals surface area contributed by atoms with E-state index in [9.17, 15) is 14.7 Å². The number of phenols is 1. The van der Waals surface area contributed by atoms with Gasteiger partial charge in [0.15, 0.2) is 0 Å². The molecular weight excluding hydrogens is 310 g/mol. The first-order chi connectivity index (χ1) is 10.6. The minimum Gasteiger partial charge on any atom is -0.506 e. The van der Waals surface area contributed by atoms with Gasteiger partial charge >= 0.3 is 11.8 Å². The number of aromatic hydroxyl groups is 1. The van der Waals surface area contributed by atoms with Gasteiger partial charge in [-0.05, 0) is 36.6 Å². The summed E-state index contributed by atoms with van der Waals surface area (Å²) in [6, 6.07) is 4.44. The number of hydrogen-bond acceptors (Lipinski definition) is 5. The Balaban J connectivity index is 1.77. The summed E-state index contributed by atoms with van der Waals surface area (Å²) in [5.74, 6) is -1.67. The number of nitrogens with one attached hydrogen (secondary N) is 2. The van der Waals surface area contributed by atoms with Gasteiger partial charge in [-0.3, -0.25) is 9.59 Å². The number of halogens is 1. The summed E-state index contributed by atoms with van der Waals surface area (Å²) in [5.41, 5.74) is 2.68. The second kappa shape index (κ2) is 7.77. The molecule has 0 aromatic heterocycles. The van der Waals surface area contributed by atoms with Gasteiger partial charge in [0.25, 0.3) is 0 Å². The van der Waals surface area contributed by atoms with E-state index in [1.165, 1.54) is 18.3 Å². The van der Waals surface area contributed by atoms with Crippen LogP contribution in [0.2, 0.25) is 5.02 Å². The van der Waals surface area contributed by atoms with Gasteiger partial charge in [-0.2, -0.15) is 5.10 Å². The van der Waals surface area contributed by atoms with Crippen LogP contribution in [0.1, 0.15) is 18.4 Å². The van der Waals surface area contributed by atoms with E-state index in [0.29, 0.717) is 18.7 Å². The van der Waals surface area contributed by atoms with E-state index in [1.54, 1.807) is 6.07 Å². The Labute approximate surface area is 132 Å². The molecule has 1 heterocycles. The minimum absolute atomic E-state index is 0.0283. The molecule has 0 aliphatic carbocycles. The predicted octanol–water partition coefficient (Wildman–Crippen LogP) is 0.791. The normalized spacial score (nSPS) is 17.6. The van der Waals surface area contributed by atoms with Gasteiger partial charge in [0.1, 0.15) is 5.75 Å². The zero-order valence-electron chi connectivity index (χ0n) is 11.7. The van der Waals surface area contributed by atoms with Crippen LogP contribution in [0, 0.1) is 0 Å². The summed E-state index contributed by atoms with van der Waals surface area (Å²) in [7, 11) is 0. The molecule has 0 unspecified atom stereocenters. The fourth-order valence-corrected chi connectivity index (χ4v) is 2.10. The number of hydrogen-bond donors (Lipinski definition) is 3. The molecule has 1 aromatic rings. The van der Waals surface area contributed by atoms with Gasteiger partial charge in [-0.1, -0.05) is 11.6 Å². The van der Waals surface area contributed by atoms with E-state index >= 15 is 0 Å². The smallest absolute Gasteiger partial charge is 0.329 e. The fourth-order valence-electron chi connectivity index (χ4n) is 1.91. The standard InChI is InChI=1S/C14H16ClN3O4/c15-11-6-9(3-4-12(11)19)7-17-18-14(21)13(20)16-8-10-2-1-5-22-10/h3-4,6-7,10,19H,1-2,5,8H2,(H,16,20)(H,18,21)/b17-7+/t10-/m1/s1. The molecule has 3 N–H and O–H groups in total. The highest BCUT2D eigenvalue weighted by atomic mass is 35.5. The summed E-state index contributed by atoms with van der Waals surface area (Å²) in [5, 5.41) is 15.6. The van der Waals surface area contributed by atoms with Gasteiger partial charge in [-0.25, -0.2) is 5.43 Å². The number of amides is 2. The lowest BCUT2D eigenvalue weighted by molar-refractivity contribution is -0.139. The molecule has 1 saturated heterocycles. The third-order valence-corrected chi connectivity index (χ3v) is 3.37.